The van der Waals surface area contributed by atoms with Crippen molar-refractivity contribution in [2.75, 3.05) is 5.73 Å². The lowest BCUT2D eigenvalue weighted by molar-refractivity contribution is 0.162. The molecule has 0 spiro atoms. The molecule has 1 aliphatic carbocycles. The number of fused-ring (bicyclic) bond motifs is 1. The highest BCUT2D eigenvalue weighted by molar-refractivity contribution is 7.86. The van der Waals surface area contributed by atoms with Gasteiger partial charge in [-0.3, -0.25) is 4.18 Å². The van der Waals surface area contributed by atoms with Crippen LogP contribution in [0.15, 0.2) is 41.3 Å². The zero-order chi connectivity index (χ0) is 14.9. The first kappa shape index (κ1) is 14.4. The zero-order valence-electron chi connectivity index (χ0n) is 11.8. The van der Waals surface area contributed by atoms with Crippen LogP contribution in [-0.4, -0.2) is 14.5 Å². The smallest absolute Gasteiger partial charge is 0.297 e. The number of nitrogen functional groups attached to an aromatic ring is 1. The van der Waals surface area contributed by atoms with Crippen LogP contribution >= 0.6 is 0 Å². The van der Waals surface area contributed by atoms with Crippen molar-refractivity contribution in [1.29, 1.82) is 0 Å². The van der Waals surface area contributed by atoms with Crippen LogP contribution in [0.3, 0.4) is 0 Å². The second-order valence-corrected chi connectivity index (χ2v) is 7.15. The summed E-state index contributed by atoms with van der Waals surface area (Å²) in [5, 5.41) is 1.77. The lowest BCUT2D eigenvalue weighted by Crippen LogP contribution is -2.21. The Balaban J connectivity index is 1.89. The molecular formula is C16H19NO3S. The maximum atomic E-state index is 12.4. The number of hydrogen-bond donors (Lipinski definition) is 1. The molecule has 1 aliphatic rings. The number of hydrogen-bond acceptors (Lipinski definition) is 4. The monoisotopic (exact) mass is 305 g/mol. The fourth-order valence-electron chi connectivity index (χ4n) is 2.79. The molecule has 4 nitrogen and oxygen atoms in total. The van der Waals surface area contributed by atoms with Crippen molar-refractivity contribution in [3.63, 3.8) is 0 Å². The second kappa shape index (κ2) is 5.66. The molecule has 0 saturated heterocycles. The van der Waals surface area contributed by atoms with E-state index in [0.717, 1.165) is 42.9 Å². The third-order valence-electron chi connectivity index (χ3n) is 3.94. The minimum atomic E-state index is -3.69. The van der Waals surface area contributed by atoms with E-state index in [1.165, 1.54) is 0 Å². The van der Waals surface area contributed by atoms with Gasteiger partial charge >= 0.3 is 0 Å². The maximum Gasteiger partial charge on any atom is 0.297 e. The summed E-state index contributed by atoms with van der Waals surface area (Å²) >= 11 is 0. The highest BCUT2D eigenvalue weighted by Crippen LogP contribution is 2.27. The average Bonchev–Trinajstić information content (AvgIpc) is 2.47. The Labute approximate surface area is 125 Å². The van der Waals surface area contributed by atoms with Crippen LogP contribution in [0.1, 0.15) is 32.1 Å². The van der Waals surface area contributed by atoms with E-state index in [0.29, 0.717) is 5.69 Å². The zero-order valence-corrected chi connectivity index (χ0v) is 12.6. The van der Waals surface area contributed by atoms with Crippen LogP contribution in [0.4, 0.5) is 5.69 Å². The minimum absolute atomic E-state index is 0.175. The molecule has 0 atom stereocenters. The van der Waals surface area contributed by atoms with Crippen molar-refractivity contribution in [1.82, 2.24) is 0 Å². The van der Waals surface area contributed by atoms with Crippen molar-refractivity contribution < 1.29 is 12.6 Å². The van der Waals surface area contributed by atoms with E-state index in [2.05, 4.69) is 0 Å². The number of anilines is 1. The highest BCUT2D eigenvalue weighted by Gasteiger charge is 2.23. The number of benzene rings is 2. The Morgan fingerprint density at radius 1 is 0.952 bits per heavy atom. The number of rotatable bonds is 3. The summed E-state index contributed by atoms with van der Waals surface area (Å²) in [5.74, 6) is 0. The van der Waals surface area contributed by atoms with Gasteiger partial charge in [-0.1, -0.05) is 31.4 Å². The van der Waals surface area contributed by atoms with E-state index in [1.54, 1.807) is 24.3 Å². The largest absolute Gasteiger partial charge is 0.399 e. The Morgan fingerprint density at radius 2 is 1.62 bits per heavy atom. The molecule has 2 aromatic carbocycles. The van der Waals surface area contributed by atoms with Crippen LogP contribution < -0.4 is 5.73 Å². The predicted octanol–water partition coefficient (Wildman–Crippen LogP) is 3.46. The standard InChI is InChI=1S/C16H19NO3S/c17-14-8-6-13-11-16(9-7-12(13)10-14)21(18,19)20-15-4-2-1-3-5-15/h6-11,15H,1-5,17H2. The van der Waals surface area contributed by atoms with Gasteiger partial charge in [0, 0.05) is 5.69 Å². The van der Waals surface area contributed by atoms with Crippen LogP contribution in [-0.2, 0) is 14.3 Å². The SMILES string of the molecule is Nc1ccc2cc(S(=O)(=O)OC3CCCCC3)ccc2c1. The Bertz CT molecular complexity index is 749. The van der Waals surface area contributed by atoms with Crippen LogP contribution in [0, 0.1) is 0 Å². The van der Waals surface area contributed by atoms with E-state index < -0.39 is 10.1 Å². The van der Waals surface area contributed by atoms with Gasteiger partial charge in [-0.15, -0.1) is 0 Å². The van der Waals surface area contributed by atoms with E-state index in [4.69, 9.17) is 9.92 Å². The average molecular weight is 305 g/mol. The molecule has 21 heavy (non-hydrogen) atoms. The molecule has 3 rings (SSSR count). The van der Waals surface area contributed by atoms with Crippen LogP contribution in [0.2, 0.25) is 0 Å². The molecule has 1 fully saturated rings. The van der Waals surface area contributed by atoms with Gasteiger partial charge in [0.25, 0.3) is 10.1 Å². The first-order chi connectivity index (χ1) is 10.0. The molecule has 1 saturated carbocycles. The molecule has 0 unspecified atom stereocenters. The van der Waals surface area contributed by atoms with Crippen LogP contribution in [0.25, 0.3) is 10.8 Å². The van der Waals surface area contributed by atoms with Crippen molar-refractivity contribution in [3.05, 3.63) is 36.4 Å². The molecule has 0 bridgehead atoms. The van der Waals surface area contributed by atoms with Crippen molar-refractivity contribution >= 4 is 26.6 Å². The Hall–Kier alpha value is -1.59. The third kappa shape index (κ3) is 3.19. The van der Waals surface area contributed by atoms with Gasteiger partial charge < -0.3 is 5.73 Å². The highest BCUT2D eigenvalue weighted by atomic mass is 32.2. The predicted molar refractivity (Wildman–Crippen MR) is 83.5 cm³/mol. The molecule has 0 radical (unpaired) electrons. The minimum Gasteiger partial charge on any atom is -0.399 e. The Kier molecular flexibility index (Phi) is 3.87. The molecule has 0 aromatic heterocycles. The van der Waals surface area contributed by atoms with Crippen molar-refractivity contribution in [2.45, 2.75) is 43.1 Å². The van der Waals surface area contributed by atoms with Gasteiger partial charge in [-0.2, -0.15) is 8.42 Å². The van der Waals surface area contributed by atoms with Gasteiger partial charge in [0.15, 0.2) is 0 Å². The van der Waals surface area contributed by atoms with Gasteiger partial charge in [0.05, 0.1) is 11.0 Å². The third-order valence-corrected chi connectivity index (χ3v) is 5.30. The van der Waals surface area contributed by atoms with Gasteiger partial charge in [-0.05, 0) is 47.9 Å². The van der Waals surface area contributed by atoms with E-state index in [-0.39, 0.29) is 11.0 Å². The molecule has 2 aromatic rings. The summed E-state index contributed by atoms with van der Waals surface area (Å²) in [6.07, 6.45) is 4.71. The lowest BCUT2D eigenvalue weighted by atomic mass is 9.98. The van der Waals surface area contributed by atoms with E-state index >= 15 is 0 Å². The van der Waals surface area contributed by atoms with Gasteiger partial charge in [0.2, 0.25) is 0 Å². The number of nitrogens with two attached hydrogens (primary N) is 1. The summed E-state index contributed by atoms with van der Waals surface area (Å²) in [6, 6.07) is 10.4. The topological polar surface area (TPSA) is 69.4 Å². The lowest BCUT2D eigenvalue weighted by Gasteiger charge is -2.21. The van der Waals surface area contributed by atoms with Crippen LogP contribution in [0.5, 0.6) is 0 Å². The fraction of sp³-hybridized carbons (Fsp3) is 0.375. The Morgan fingerprint density at radius 3 is 2.38 bits per heavy atom. The second-order valence-electron chi connectivity index (χ2n) is 5.58. The van der Waals surface area contributed by atoms with Gasteiger partial charge in [-0.25, -0.2) is 0 Å². The molecular weight excluding hydrogens is 286 g/mol. The first-order valence-corrected chi connectivity index (χ1v) is 8.68. The summed E-state index contributed by atoms with van der Waals surface area (Å²) < 4.78 is 30.1. The molecule has 0 amide bonds. The van der Waals surface area contributed by atoms with Crippen molar-refractivity contribution in [3.8, 4) is 0 Å². The van der Waals surface area contributed by atoms with Crippen molar-refractivity contribution in [2.24, 2.45) is 0 Å². The normalized spacial score (nSPS) is 17.1. The molecule has 5 heteroatoms. The molecule has 112 valence electrons. The van der Waals surface area contributed by atoms with E-state index in [1.807, 2.05) is 12.1 Å². The molecule has 2 N–H and O–H groups in total. The van der Waals surface area contributed by atoms with E-state index in [9.17, 15) is 8.42 Å². The summed E-state index contributed by atoms with van der Waals surface area (Å²) in [7, 11) is -3.69. The summed E-state index contributed by atoms with van der Waals surface area (Å²) in [5.41, 5.74) is 6.39. The summed E-state index contributed by atoms with van der Waals surface area (Å²) in [4.78, 5) is 0.213. The fourth-order valence-corrected chi connectivity index (χ4v) is 3.96. The summed E-state index contributed by atoms with van der Waals surface area (Å²) in [6.45, 7) is 0. The molecule has 0 aliphatic heterocycles. The maximum absolute atomic E-state index is 12.4. The molecule has 0 heterocycles. The van der Waals surface area contributed by atoms with Gasteiger partial charge in [0.1, 0.15) is 0 Å². The first-order valence-electron chi connectivity index (χ1n) is 7.27. The quantitative estimate of drug-likeness (QED) is 0.696.